The predicted octanol–water partition coefficient (Wildman–Crippen LogP) is 3.00. The first-order chi connectivity index (χ1) is 16.4. The van der Waals surface area contributed by atoms with E-state index in [0.29, 0.717) is 17.1 Å². The van der Waals surface area contributed by atoms with E-state index in [1.165, 1.54) is 13.2 Å². The molecule has 0 aromatic heterocycles. The Morgan fingerprint density at radius 2 is 1.59 bits per heavy atom. The number of hydrogen-bond acceptors (Lipinski definition) is 6. The molecule has 2 N–H and O–H groups in total. The van der Waals surface area contributed by atoms with E-state index in [2.05, 4.69) is 5.32 Å². The van der Waals surface area contributed by atoms with Crippen molar-refractivity contribution in [1.29, 1.82) is 0 Å². The first kappa shape index (κ1) is 22.5. The zero-order valence-corrected chi connectivity index (χ0v) is 18.2. The number of urea groups is 1. The Bertz CT molecular complexity index is 1240. The van der Waals surface area contributed by atoms with Crippen LogP contribution in [0.25, 0.3) is 0 Å². The normalized spacial score (nSPS) is 13.0. The third kappa shape index (κ3) is 5.04. The number of carbonyl (C=O) groups is 4. The van der Waals surface area contributed by atoms with Gasteiger partial charge >= 0.3 is 17.8 Å². The summed E-state index contributed by atoms with van der Waals surface area (Å²) in [6.07, 6.45) is 0. The number of hydrogen-bond donors (Lipinski definition) is 2. The maximum absolute atomic E-state index is 12.8. The number of imide groups is 2. The Labute approximate surface area is 195 Å². The number of rotatable bonds is 8. The summed E-state index contributed by atoms with van der Waals surface area (Å²) in [6.45, 7) is 0.114. The summed E-state index contributed by atoms with van der Waals surface area (Å²) in [7, 11) is 1.44. The lowest BCUT2D eigenvalue weighted by Gasteiger charge is -2.14. The Balaban J connectivity index is 1.41. The fourth-order valence-corrected chi connectivity index (χ4v) is 3.37. The number of carbonyl (C=O) groups excluding carboxylic acids is 4. The number of nitrogens with one attached hydrogen (secondary N) is 2. The van der Waals surface area contributed by atoms with Crippen molar-refractivity contribution in [3.63, 3.8) is 0 Å². The van der Waals surface area contributed by atoms with Gasteiger partial charge in [-0.2, -0.15) is 0 Å². The first-order valence-electron chi connectivity index (χ1n) is 10.4. The number of benzene rings is 3. The van der Waals surface area contributed by atoms with E-state index in [9.17, 15) is 19.2 Å². The molecular weight excluding hydrogens is 438 g/mol. The van der Waals surface area contributed by atoms with Crippen LogP contribution in [0, 0.1) is 0 Å². The molecule has 34 heavy (non-hydrogen) atoms. The molecule has 0 aliphatic carbocycles. The van der Waals surface area contributed by atoms with Crippen molar-refractivity contribution in [2.45, 2.75) is 13.1 Å². The third-order valence-electron chi connectivity index (χ3n) is 5.11. The van der Waals surface area contributed by atoms with Gasteiger partial charge in [0.15, 0.2) is 0 Å². The van der Waals surface area contributed by atoms with Crippen LogP contribution in [-0.4, -0.2) is 35.8 Å². The van der Waals surface area contributed by atoms with Crippen molar-refractivity contribution in [2.75, 3.05) is 7.11 Å². The number of amides is 5. The van der Waals surface area contributed by atoms with Gasteiger partial charge in [0, 0.05) is 6.54 Å². The molecule has 1 aliphatic rings. The first-order valence-corrected chi connectivity index (χ1v) is 10.4. The van der Waals surface area contributed by atoms with E-state index in [-0.39, 0.29) is 18.7 Å². The molecule has 0 radical (unpaired) electrons. The lowest BCUT2D eigenvalue weighted by Crippen LogP contribution is -2.30. The Morgan fingerprint density at radius 3 is 2.24 bits per heavy atom. The monoisotopic (exact) mass is 459 g/mol. The zero-order chi connectivity index (χ0) is 24.1. The van der Waals surface area contributed by atoms with Gasteiger partial charge in [0.25, 0.3) is 5.91 Å². The van der Waals surface area contributed by atoms with Gasteiger partial charge in [-0.1, -0.05) is 36.4 Å². The zero-order valence-electron chi connectivity index (χ0n) is 18.2. The molecule has 3 aromatic carbocycles. The molecule has 1 fully saturated rings. The Hall–Kier alpha value is -4.66. The van der Waals surface area contributed by atoms with E-state index in [1.54, 1.807) is 12.1 Å². The largest absolute Gasteiger partial charge is 0.496 e. The molecule has 9 nitrogen and oxygen atoms in total. The lowest BCUT2D eigenvalue weighted by atomic mass is 10.1. The van der Waals surface area contributed by atoms with E-state index in [0.717, 1.165) is 16.2 Å². The van der Waals surface area contributed by atoms with Crippen LogP contribution in [-0.2, 0) is 22.7 Å². The number of ether oxygens (including phenoxy) is 2. The van der Waals surface area contributed by atoms with E-state index in [1.807, 2.05) is 59.9 Å². The standard InChI is InChI=1S/C25H21N3O6/c1-33-21-12-9-17(15-28-24(31)23(30)27-25(28)32)13-20(21)22(29)26-14-16-7-10-19(11-8-16)34-18-5-3-2-4-6-18/h2-13H,14-15H2,1H3,(H,26,29)(H,27,30,32). The van der Waals surface area contributed by atoms with Crippen LogP contribution in [0.15, 0.2) is 72.8 Å². The molecule has 5 amide bonds. The van der Waals surface area contributed by atoms with Crippen molar-refractivity contribution < 1.29 is 28.7 Å². The second kappa shape index (κ2) is 9.86. The Kier molecular flexibility index (Phi) is 6.54. The molecule has 0 spiro atoms. The van der Waals surface area contributed by atoms with E-state index >= 15 is 0 Å². The molecule has 0 saturated carbocycles. The van der Waals surface area contributed by atoms with Crippen LogP contribution in [0.2, 0.25) is 0 Å². The molecular formula is C25H21N3O6. The van der Waals surface area contributed by atoms with Gasteiger partial charge < -0.3 is 14.8 Å². The second-order valence-electron chi connectivity index (χ2n) is 7.43. The molecule has 0 atom stereocenters. The van der Waals surface area contributed by atoms with Gasteiger partial charge in [-0.15, -0.1) is 0 Å². The van der Waals surface area contributed by atoms with Crippen LogP contribution in [0.4, 0.5) is 4.79 Å². The molecule has 9 heteroatoms. The fourth-order valence-electron chi connectivity index (χ4n) is 3.37. The van der Waals surface area contributed by atoms with Crippen LogP contribution in [0.1, 0.15) is 21.5 Å². The quantitative estimate of drug-likeness (QED) is 0.395. The van der Waals surface area contributed by atoms with Crippen molar-refractivity contribution in [3.05, 3.63) is 89.5 Å². The van der Waals surface area contributed by atoms with Gasteiger partial charge in [0.2, 0.25) is 0 Å². The minimum atomic E-state index is -0.975. The molecule has 1 heterocycles. The Morgan fingerprint density at radius 1 is 0.912 bits per heavy atom. The molecule has 1 aliphatic heterocycles. The highest BCUT2D eigenvalue weighted by Gasteiger charge is 2.36. The molecule has 0 bridgehead atoms. The van der Waals surface area contributed by atoms with E-state index < -0.39 is 23.8 Å². The highest BCUT2D eigenvalue weighted by molar-refractivity contribution is 6.44. The topological polar surface area (TPSA) is 114 Å². The molecule has 0 unspecified atom stereocenters. The molecule has 4 rings (SSSR count). The van der Waals surface area contributed by atoms with Crippen molar-refractivity contribution >= 4 is 23.8 Å². The third-order valence-corrected chi connectivity index (χ3v) is 5.11. The van der Waals surface area contributed by atoms with Gasteiger partial charge in [0.05, 0.1) is 19.2 Å². The smallest absolute Gasteiger partial charge is 0.331 e. The van der Waals surface area contributed by atoms with Crippen molar-refractivity contribution in [1.82, 2.24) is 15.5 Å². The SMILES string of the molecule is COc1ccc(CN2C(=O)NC(=O)C2=O)cc1C(=O)NCc1ccc(Oc2ccccc2)cc1. The molecule has 1 saturated heterocycles. The maximum Gasteiger partial charge on any atom is 0.331 e. The minimum Gasteiger partial charge on any atom is -0.496 e. The lowest BCUT2D eigenvalue weighted by molar-refractivity contribution is -0.140. The predicted molar refractivity (Wildman–Crippen MR) is 121 cm³/mol. The number of nitrogens with zero attached hydrogens (tertiary/aromatic N) is 1. The van der Waals surface area contributed by atoms with Gasteiger partial charge in [-0.3, -0.25) is 24.6 Å². The van der Waals surface area contributed by atoms with Crippen LogP contribution in [0.3, 0.4) is 0 Å². The van der Waals surface area contributed by atoms with Gasteiger partial charge in [-0.05, 0) is 47.5 Å². The van der Waals surface area contributed by atoms with Crippen LogP contribution < -0.4 is 20.1 Å². The van der Waals surface area contributed by atoms with Crippen molar-refractivity contribution in [3.8, 4) is 17.2 Å². The minimum absolute atomic E-state index is 0.149. The average Bonchev–Trinajstić information content (AvgIpc) is 3.09. The maximum atomic E-state index is 12.8. The fraction of sp³-hybridized carbons (Fsp3) is 0.120. The van der Waals surface area contributed by atoms with Crippen LogP contribution in [0.5, 0.6) is 17.2 Å². The van der Waals surface area contributed by atoms with Gasteiger partial charge in [0.1, 0.15) is 17.2 Å². The number of para-hydroxylation sites is 1. The van der Waals surface area contributed by atoms with Gasteiger partial charge in [-0.25, -0.2) is 4.79 Å². The summed E-state index contributed by atoms with van der Waals surface area (Å²) in [5.41, 5.74) is 1.59. The van der Waals surface area contributed by atoms with E-state index in [4.69, 9.17) is 9.47 Å². The van der Waals surface area contributed by atoms with Crippen LogP contribution >= 0.6 is 0 Å². The average molecular weight is 459 g/mol. The molecule has 172 valence electrons. The summed E-state index contributed by atoms with van der Waals surface area (Å²) in [5.74, 6) is -0.566. The highest BCUT2D eigenvalue weighted by atomic mass is 16.5. The summed E-state index contributed by atoms with van der Waals surface area (Å²) in [6, 6.07) is 20.6. The highest BCUT2D eigenvalue weighted by Crippen LogP contribution is 2.23. The summed E-state index contributed by atoms with van der Waals surface area (Å²) in [5, 5.41) is 4.77. The summed E-state index contributed by atoms with van der Waals surface area (Å²) < 4.78 is 11.1. The number of methoxy groups -OCH3 is 1. The summed E-state index contributed by atoms with van der Waals surface area (Å²) >= 11 is 0. The van der Waals surface area contributed by atoms with Crippen molar-refractivity contribution in [2.24, 2.45) is 0 Å². The molecule has 3 aromatic rings. The second-order valence-corrected chi connectivity index (χ2v) is 7.43. The summed E-state index contributed by atoms with van der Waals surface area (Å²) in [4.78, 5) is 48.6.